The van der Waals surface area contributed by atoms with Gasteiger partial charge in [-0.15, -0.1) is 0 Å². The first-order valence-electron chi connectivity index (χ1n) is 4.81. The van der Waals surface area contributed by atoms with Crippen molar-refractivity contribution < 1.29 is 14.6 Å². The van der Waals surface area contributed by atoms with Gasteiger partial charge in [-0.1, -0.05) is 0 Å². The van der Waals surface area contributed by atoms with Crippen LogP contribution >= 0.6 is 0 Å². The van der Waals surface area contributed by atoms with E-state index in [4.69, 9.17) is 9.84 Å². The second kappa shape index (κ2) is 5.94. The Morgan fingerprint density at radius 3 is 3.08 bits per heavy atom. The van der Waals surface area contributed by atoms with Gasteiger partial charge in [0.05, 0.1) is 12.5 Å². The summed E-state index contributed by atoms with van der Waals surface area (Å²) in [6.45, 7) is 2.01. The molecule has 2 N–H and O–H groups in total. The van der Waals surface area contributed by atoms with Crippen LogP contribution in [0, 0.1) is 5.92 Å². The summed E-state index contributed by atoms with van der Waals surface area (Å²) in [6, 6.07) is 0. The second-order valence-electron chi connectivity index (χ2n) is 3.28. The lowest BCUT2D eigenvalue weighted by molar-refractivity contribution is -0.128. The number of rotatable bonds is 4. The van der Waals surface area contributed by atoms with E-state index in [9.17, 15) is 4.79 Å². The molecule has 4 nitrogen and oxygen atoms in total. The van der Waals surface area contributed by atoms with Crippen molar-refractivity contribution in [2.75, 3.05) is 26.4 Å². The number of ether oxygens (including phenoxy) is 1. The predicted molar refractivity (Wildman–Crippen MR) is 48.3 cm³/mol. The van der Waals surface area contributed by atoms with Gasteiger partial charge in [0.25, 0.3) is 0 Å². The fourth-order valence-electron chi connectivity index (χ4n) is 1.38. The van der Waals surface area contributed by atoms with Crippen molar-refractivity contribution in [1.82, 2.24) is 5.32 Å². The fraction of sp³-hybridized carbons (Fsp3) is 0.889. The van der Waals surface area contributed by atoms with E-state index < -0.39 is 0 Å². The minimum Gasteiger partial charge on any atom is -0.396 e. The lowest BCUT2D eigenvalue weighted by Crippen LogP contribution is -2.36. The van der Waals surface area contributed by atoms with E-state index in [0.717, 1.165) is 19.4 Å². The Morgan fingerprint density at radius 2 is 2.46 bits per heavy atom. The maximum atomic E-state index is 11.4. The number of aliphatic hydroxyl groups is 1. The Hall–Kier alpha value is -0.610. The van der Waals surface area contributed by atoms with Gasteiger partial charge in [-0.2, -0.15) is 0 Å². The van der Waals surface area contributed by atoms with Gasteiger partial charge in [0.2, 0.25) is 5.91 Å². The zero-order chi connectivity index (χ0) is 9.52. The molecule has 1 aliphatic rings. The van der Waals surface area contributed by atoms with Crippen LogP contribution in [0.5, 0.6) is 0 Å². The molecule has 0 aliphatic carbocycles. The first-order valence-corrected chi connectivity index (χ1v) is 4.81. The quantitative estimate of drug-likeness (QED) is 0.605. The van der Waals surface area contributed by atoms with E-state index >= 15 is 0 Å². The minimum absolute atomic E-state index is 0.0208. The molecule has 1 aliphatic heterocycles. The molecule has 0 saturated carbocycles. The largest absolute Gasteiger partial charge is 0.396 e. The molecule has 1 amide bonds. The Kier molecular flexibility index (Phi) is 4.78. The fourth-order valence-corrected chi connectivity index (χ4v) is 1.38. The summed E-state index contributed by atoms with van der Waals surface area (Å²) in [5.41, 5.74) is 0. The number of carbonyl (C=O) groups excluding carboxylic acids is 1. The van der Waals surface area contributed by atoms with Crippen LogP contribution in [0.25, 0.3) is 0 Å². The first-order chi connectivity index (χ1) is 6.34. The average Bonchev–Trinajstić information content (AvgIpc) is 2.19. The van der Waals surface area contributed by atoms with Crippen LogP contribution in [0.15, 0.2) is 0 Å². The molecular weight excluding hydrogens is 170 g/mol. The van der Waals surface area contributed by atoms with Crippen molar-refractivity contribution in [3.8, 4) is 0 Å². The van der Waals surface area contributed by atoms with Gasteiger partial charge in [0.15, 0.2) is 0 Å². The molecule has 1 fully saturated rings. The Morgan fingerprint density at radius 1 is 1.62 bits per heavy atom. The molecule has 1 atom stereocenters. The van der Waals surface area contributed by atoms with Gasteiger partial charge < -0.3 is 15.2 Å². The Balaban J connectivity index is 2.13. The summed E-state index contributed by atoms with van der Waals surface area (Å²) >= 11 is 0. The molecule has 1 saturated heterocycles. The molecule has 0 spiro atoms. The highest BCUT2D eigenvalue weighted by Crippen LogP contribution is 2.13. The van der Waals surface area contributed by atoms with Crippen LogP contribution in [0.4, 0.5) is 0 Å². The second-order valence-corrected chi connectivity index (χ2v) is 3.28. The van der Waals surface area contributed by atoms with Crippen molar-refractivity contribution in [3.63, 3.8) is 0 Å². The molecule has 1 heterocycles. The molecule has 0 aromatic rings. The van der Waals surface area contributed by atoms with Crippen LogP contribution in [0.3, 0.4) is 0 Å². The van der Waals surface area contributed by atoms with Crippen molar-refractivity contribution in [1.29, 1.82) is 0 Å². The smallest absolute Gasteiger partial charge is 0.225 e. The number of hydrogen-bond acceptors (Lipinski definition) is 3. The molecule has 4 heteroatoms. The highest BCUT2D eigenvalue weighted by molar-refractivity contribution is 5.78. The van der Waals surface area contributed by atoms with Gasteiger partial charge in [-0.05, 0) is 19.3 Å². The summed E-state index contributed by atoms with van der Waals surface area (Å²) in [5.74, 6) is 0.0839. The monoisotopic (exact) mass is 187 g/mol. The molecule has 1 rings (SSSR count). The molecule has 76 valence electrons. The summed E-state index contributed by atoms with van der Waals surface area (Å²) in [5, 5.41) is 11.3. The lowest BCUT2D eigenvalue weighted by Gasteiger charge is -2.21. The number of nitrogens with one attached hydrogen (secondary N) is 1. The minimum atomic E-state index is 0.0208. The van der Waals surface area contributed by atoms with Gasteiger partial charge in [-0.3, -0.25) is 4.79 Å². The average molecular weight is 187 g/mol. The highest BCUT2D eigenvalue weighted by Gasteiger charge is 2.20. The third kappa shape index (κ3) is 3.74. The summed E-state index contributed by atoms with van der Waals surface area (Å²) in [6.07, 6.45) is 2.52. The molecular formula is C9H17NO3. The number of amides is 1. The standard InChI is InChI=1S/C9H17NO3/c11-5-2-4-10-9(12)8-3-1-6-13-7-8/h8,11H,1-7H2,(H,10,12). The first kappa shape index (κ1) is 10.5. The highest BCUT2D eigenvalue weighted by atomic mass is 16.5. The molecule has 0 aromatic heterocycles. The number of hydrogen-bond donors (Lipinski definition) is 2. The van der Waals surface area contributed by atoms with E-state index in [1.165, 1.54) is 0 Å². The molecule has 1 unspecified atom stereocenters. The van der Waals surface area contributed by atoms with Crippen molar-refractivity contribution in [2.45, 2.75) is 19.3 Å². The molecule has 13 heavy (non-hydrogen) atoms. The van der Waals surface area contributed by atoms with Gasteiger partial charge in [0, 0.05) is 19.8 Å². The van der Waals surface area contributed by atoms with Crippen molar-refractivity contribution >= 4 is 5.91 Å². The van der Waals surface area contributed by atoms with Crippen LogP contribution in [-0.2, 0) is 9.53 Å². The van der Waals surface area contributed by atoms with Crippen LogP contribution in [0.2, 0.25) is 0 Å². The van der Waals surface area contributed by atoms with Gasteiger partial charge in [0.1, 0.15) is 0 Å². The van der Waals surface area contributed by atoms with Crippen molar-refractivity contribution in [3.05, 3.63) is 0 Å². The maximum Gasteiger partial charge on any atom is 0.225 e. The molecule has 0 aromatic carbocycles. The van der Waals surface area contributed by atoms with Crippen LogP contribution < -0.4 is 5.32 Å². The zero-order valence-corrected chi connectivity index (χ0v) is 7.79. The summed E-state index contributed by atoms with van der Waals surface area (Å²) < 4.78 is 5.20. The SMILES string of the molecule is O=C(NCCCO)C1CCCOC1. The maximum absolute atomic E-state index is 11.4. The van der Waals surface area contributed by atoms with Crippen LogP contribution in [0.1, 0.15) is 19.3 Å². The van der Waals surface area contributed by atoms with Gasteiger partial charge in [-0.25, -0.2) is 0 Å². The van der Waals surface area contributed by atoms with E-state index in [-0.39, 0.29) is 18.4 Å². The zero-order valence-electron chi connectivity index (χ0n) is 7.79. The third-order valence-corrected chi connectivity index (χ3v) is 2.17. The summed E-state index contributed by atoms with van der Waals surface area (Å²) in [4.78, 5) is 11.4. The molecule has 0 bridgehead atoms. The Labute approximate surface area is 78.3 Å². The van der Waals surface area contributed by atoms with Crippen LogP contribution in [-0.4, -0.2) is 37.4 Å². The summed E-state index contributed by atoms with van der Waals surface area (Å²) in [7, 11) is 0. The normalized spacial score (nSPS) is 22.7. The number of aliphatic hydroxyl groups excluding tert-OH is 1. The van der Waals surface area contributed by atoms with Gasteiger partial charge >= 0.3 is 0 Å². The predicted octanol–water partition coefficient (Wildman–Crippen LogP) is -0.0884. The van der Waals surface area contributed by atoms with E-state index in [2.05, 4.69) is 5.32 Å². The van der Waals surface area contributed by atoms with E-state index in [1.807, 2.05) is 0 Å². The molecule has 0 radical (unpaired) electrons. The van der Waals surface area contributed by atoms with E-state index in [0.29, 0.717) is 19.6 Å². The Bertz CT molecular complexity index is 155. The number of carbonyl (C=O) groups is 1. The van der Waals surface area contributed by atoms with Crippen molar-refractivity contribution in [2.24, 2.45) is 5.92 Å². The lowest BCUT2D eigenvalue weighted by atomic mass is 10.0. The van der Waals surface area contributed by atoms with E-state index in [1.54, 1.807) is 0 Å². The topological polar surface area (TPSA) is 58.6 Å². The third-order valence-electron chi connectivity index (χ3n) is 2.17.